The number of aromatic carboxylic acids is 1. The summed E-state index contributed by atoms with van der Waals surface area (Å²) in [6, 6.07) is 12.6. The third-order valence-corrected chi connectivity index (χ3v) is 13.5. The highest BCUT2D eigenvalue weighted by molar-refractivity contribution is 7.99. The van der Waals surface area contributed by atoms with Gasteiger partial charge in [-0.2, -0.15) is 39.5 Å². The molecule has 18 nitrogen and oxygen atoms in total. The number of anilines is 5. The topological polar surface area (TPSA) is 250 Å². The third kappa shape index (κ3) is 19.5. The van der Waals surface area contributed by atoms with Gasteiger partial charge in [0.2, 0.25) is 0 Å². The Hall–Kier alpha value is -6.60. The molecule has 6 rings (SSSR count). The van der Waals surface area contributed by atoms with E-state index in [1.54, 1.807) is 24.3 Å². The number of carboxylic acid groups (broad SMARTS) is 1. The predicted molar refractivity (Wildman–Crippen MR) is 307 cm³/mol. The normalized spacial score (nSPS) is 10.9. The van der Waals surface area contributed by atoms with E-state index < -0.39 is 70.1 Å². The van der Waals surface area contributed by atoms with Gasteiger partial charge in [-0.05, 0) is 77.9 Å². The van der Waals surface area contributed by atoms with Crippen LogP contribution < -0.4 is 43.7 Å². The highest BCUT2D eigenvalue weighted by Gasteiger charge is 2.37. The maximum atomic E-state index is 13.2. The second kappa shape index (κ2) is 31.7. The first-order chi connectivity index (χ1) is 37.2. The molecule has 0 spiro atoms. The summed E-state index contributed by atoms with van der Waals surface area (Å²) < 4.78 is 117. The maximum absolute atomic E-state index is 13.2. The minimum absolute atomic E-state index is 0. The SMILES string of the molecule is C.C.CCSc1ccc(Cl)nc1C(=O)Nc1cc(C(F)(F)F)n(C)c(=O)c1NC.CCSc1ccc(Cl)nc1C(=O)Nc1ccc(C(F)(F)F)n(C)c1=O.CCSc1ccc(Cl)nc1C(=O)O.CNc1c(N)cc(C(F)(F)F)n(C)c1=O. The van der Waals surface area contributed by atoms with Gasteiger partial charge in [-0.3, -0.25) is 24.0 Å². The summed E-state index contributed by atoms with van der Waals surface area (Å²) in [7, 11) is 5.82. The first-order valence-electron chi connectivity index (χ1n) is 22.4. The Balaban J connectivity index is 0.000000565. The van der Waals surface area contributed by atoms with Gasteiger partial charge in [0.1, 0.15) is 61.0 Å². The van der Waals surface area contributed by atoms with Crippen molar-refractivity contribution in [1.82, 2.24) is 28.7 Å². The number of hydrogen-bond acceptors (Lipinski definition) is 15. The molecule has 6 aromatic rings. The standard InChI is InChI=1S/C16H16ClF3N4O2S.C15H13ClF3N3O2S.C8H8ClNO2S.C8H10F3N3O.2CH4/c1-4-27-9-5-6-11(17)23-13(9)14(25)22-8-7-10(16(18,19)20)24(3)15(26)12(8)21-2;1-3-25-9-5-7-11(16)21-12(9)13(23)20-8-4-6-10(15(17,18)19)22(2)14(8)24;1-2-13-5-3-4-6(9)10-7(5)8(11)12;1-13-6-4(12)3-5(8(9,10)11)14(2)7(6)15;;/h5-7,21H,4H2,1-3H3,(H,22,25);4-7H,3H2,1-2H3,(H,20,23);3-4H,2H2,1H3,(H,11,12);3,13H,12H2,1-2H3;2*1H4. The van der Waals surface area contributed by atoms with E-state index >= 15 is 0 Å². The second-order valence-electron chi connectivity index (χ2n) is 15.4. The summed E-state index contributed by atoms with van der Waals surface area (Å²) in [5.74, 6) is -0.412. The quantitative estimate of drug-likeness (QED) is 0.0357. The zero-order chi connectivity index (χ0) is 60.8. The first-order valence-corrected chi connectivity index (χ1v) is 26.5. The summed E-state index contributed by atoms with van der Waals surface area (Å²) in [6.45, 7) is 5.70. The molecule has 6 aromatic heterocycles. The van der Waals surface area contributed by atoms with Crippen molar-refractivity contribution in [2.75, 3.05) is 58.4 Å². The molecule has 0 fully saturated rings. The molecule has 0 aliphatic rings. The molecule has 0 saturated carbocycles. The van der Waals surface area contributed by atoms with Gasteiger partial charge in [0.25, 0.3) is 28.5 Å². The zero-order valence-electron chi connectivity index (χ0n) is 42.8. The summed E-state index contributed by atoms with van der Waals surface area (Å²) in [4.78, 5) is 84.8. The van der Waals surface area contributed by atoms with Gasteiger partial charge in [-0.25, -0.2) is 19.7 Å². The van der Waals surface area contributed by atoms with Gasteiger partial charge < -0.3 is 45.8 Å². The molecule has 0 saturated heterocycles. The fourth-order valence-electron chi connectivity index (χ4n) is 6.49. The number of nitrogens with two attached hydrogens (primary N) is 1. The molecule has 6 heterocycles. The number of alkyl halides is 9. The van der Waals surface area contributed by atoms with Gasteiger partial charge in [0.15, 0.2) is 5.69 Å². The number of carbonyl (C=O) groups is 3. The van der Waals surface area contributed by atoms with Crippen LogP contribution in [0.25, 0.3) is 0 Å². The van der Waals surface area contributed by atoms with Gasteiger partial charge >= 0.3 is 24.5 Å². The number of rotatable bonds is 13. The van der Waals surface area contributed by atoms with Crippen LogP contribution in [0.3, 0.4) is 0 Å². The Morgan fingerprint density at radius 1 is 0.537 bits per heavy atom. The van der Waals surface area contributed by atoms with Crippen LogP contribution in [0.1, 0.15) is 84.2 Å². The Morgan fingerprint density at radius 2 is 0.878 bits per heavy atom. The summed E-state index contributed by atoms with van der Waals surface area (Å²) in [6.07, 6.45) is -14.0. The number of hydrogen-bond donors (Lipinski definition) is 6. The molecular weight excluding hydrogens is 1230 g/mol. The lowest BCUT2D eigenvalue weighted by Gasteiger charge is -2.17. The molecular formula is C49H55Cl3F9N11O7S3. The summed E-state index contributed by atoms with van der Waals surface area (Å²) in [5.41, 5.74) is -1.77. The van der Waals surface area contributed by atoms with E-state index in [9.17, 15) is 68.3 Å². The van der Waals surface area contributed by atoms with Crippen molar-refractivity contribution in [3.8, 4) is 0 Å². The van der Waals surface area contributed by atoms with E-state index in [2.05, 4.69) is 36.2 Å². The molecule has 0 aromatic carbocycles. The number of halogens is 12. The largest absolute Gasteiger partial charge is 0.476 e. The highest BCUT2D eigenvalue weighted by Crippen LogP contribution is 2.34. The lowest BCUT2D eigenvalue weighted by molar-refractivity contribution is -0.144. The molecule has 7 N–H and O–H groups in total. The molecule has 82 heavy (non-hydrogen) atoms. The first kappa shape index (κ1) is 73.4. The minimum Gasteiger partial charge on any atom is -0.476 e. The number of nitrogen functional groups attached to an aromatic ring is 1. The molecule has 0 aliphatic carbocycles. The number of nitrogens with zero attached hydrogens (tertiary/aromatic N) is 6. The minimum atomic E-state index is -4.77. The van der Waals surface area contributed by atoms with Crippen LogP contribution >= 0.6 is 70.1 Å². The predicted octanol–water partition coefficient (Wildman–Crippen LogP) is 12.5. The number of carboxylic acids is 1. The van der Waals surface area contributed by atoms with Crippen LogP contribution in [-0.4, -0.2) is 82.9 Å². The van der Waals surface area contributed by atoms with Crippen LogP contribution in [0.5, 0.6) is 0 Å². The summed E-state index contributed by atoms with van der Waals surface area (Å²) >= 11 is 21.3. The van der Waals surface area contributed by atoms with Crippen LogP contribution in [0.4, 0.5) is 68.0 Å². The van der Waals surface area contributed by atoms with Crippen molar-refractivity contribution in [2.45, 2.75) is 68.8 Å². The van der Waals surface area contributed by atoms with Crippen LogP contribution in [-0.2, 0) is 39.7 Å². The molecule has 0 atom stereocenters. The summed E-state index contributed by atoms with van der Waals surface area (Å²) in [5, 5.41) is 18.8. The molecule has 0 bridgehead atoms. The van der Waals surface area contributed by atoms with Crippen molar-refractivity contribution in [1.29, 1.82) is 0 Å². The molecule has 450 valence electrons. The van der Waals surface area contributed by atoms with Crippen LogP contribution in [0.2, 0.25) is 15.5 Å². The lowest BCUT2D eigenvalue weighted by Crippen LogP contribution is -2.29. The van der Waals surface area contributed by atoms with E-state index in [0.29, 0.717) is 46.0 Å². The average molecular weight is 1280 g/mol. The number of amides is 2. The Labute approximate surface area is 491 Å². The third-order valence-electron chi connectivity index (χ3n) is 10.1. The number of pyridine rings is 6. The van der Waals surface area contributed by atoms with Crippen molar-refractivity contribution in [3.05, 3.63) is 141 Å². The zero-order valence-corrected chi connectivity index (χ0v) is 47.5. The second-order valence-corrected chi connectivity index (χ2v) is 20.4. The van der Waals surface area contributed by atoms with E-state index in [0.717, 1.165) is 45.1 Å². The van der Waals surface area contributed by atoms with Crippen LogP contribution in [0.15, 0.2) is 89.7 Å². The van der Waals surface area contributed by atoms with E-state index in [4.69, 9.17) is 45.6 Å². The van der Waals surface area contributed by atoms with E-state index in [1.165, 1.54) is 61.5 Å². The van der Waals surface area contributed by atoms with Gasteiger partial charge in [0, 0.05) is 49.9 Å². The number of carbonyl (C=O) groups excluding carboxylic acids is 2. The Morgan fingerprint density at radius 3 is 1.24 bits per heavy atom. The van der Waals surface area contributed by atoms with Gasteiger partial charge in [-0.1, -0.05) is 70.4 Å². The number of nitrogens with one attached hydrogen (secondary N) is 4. The smallest absolute Gasteiger partial charge is 0.431 e. The fraction of sp³-hybridized carbons (Fsp3) is 0.327. The number of aromatic nitrogens is 6. The van der Waals surface area contributed by atoms with Crippen molar-refractivity contribution in [3.63, 3.8) is 0 Å². The monoisotopic (exact) mass is 1280 g/mol. The van der Waals surface area contributed by atoms with Crippen molar-refractivity contribution >= 4 is 116 Å². The van der Waals surface area contributed by atoms with Gasteiger partial charge in [-0.15, -0.1) is 35.3 Å². The van der Waals surface area contributed by atoms with Gasteiger partial charge in [0.05, 0.1) is 11.4 Å². The van der Waals surface area contributed by atoms with E-state index in [1.807, 2.05) is 20.8 Å². The van der Waals surface area contributed by atoms with Crippen molar-refractivity contribution in [2.24, 2.45) is 21.1 Å². The Kier molecular flexibility index (Phi) is 28.4. The molecule has 33 heteroatoms. The van der Waals surface area contributed by atoms with Crippen molar-refractivity contribution < 1.29 is 59.0 Å². The lowest BCUT2D eigenvalue weighted by atomic mass is 10.2. The maximum Gasteiger partial charge on any atom is 0.431 e. The average Bonchev–Trinajstić information content (AvgIpc) is 3.59. The van der Waals surface area contributed by atoms with Crippen LogP contribution in [0, 0.1) is 0 Å². The van der Waals surface area contributed by atoms with E-state index in [-0.39, 0.29) is 75.8 Å². The Bertz CT molecular complexity index is 3420. The highest BCUT2D eigenvalue weighted by atomic mass is 35.5. The molecule has 2 amide bonds. The molecule has 0 unspecified atom stereocenters. The molecule has 0 aliphatic heterocycles. The molecule has 0 radical (unpaired) electrons. The number of thioether (sulfide) groups is 3. The fourth-order valence-corrected chi connectivity index (χ4v) is 9.18.